The molecule has 0 unspecified atom stereocenters. The zero-order chi connectivity index (χ0) is 26.1. The Morgan fingerprint density at radius 3 is 1.97 bits per heavy atom. The topological polar surface area (TPSA) is 76.6 Å². The predicted molar refractivity (Wildman–Crippen MR) is 145 cm³/mol. The monoisotopic (exact) mass is 498 g/mol. The van der Waals surface area contributed by atoms with Crippen molar-refractivity contribution in [2.45, 2.75) is 0 Å². The number of para-hydroxylation sites is 1. The van der Waals surface area contributed by atoms with Crippen molar-refractivity contribution in [3.8, 4) is 22.4 Å². The molecule has 0 saturated carbocycles. The fraction of sp³-hybridized carbons (Fsp3) is 0.0625. The number of imide groups is 1. The highest BCUT2D eigenvalue weighted by Crippen LogP contribution is 2.28. The molecule has 0 aliphatic carbocycles. The number of fused-ring (bicyclic) bond motifs is 2. The number of carbonyl (C=O) groups excluding carboxylic acids is 3. The normalized spacial score (nSPS) is 12.6. The van der Waals surface area contributed by atoms with Crippen LogP contribution in [0.25, 0.3) is 33.3 Å². The zero-order valence-electron chi connectivity index (χ0n) is 20.3. The largest absolute Gasteiger partial charge is 0.460 e. The highest BCUT2D eigenvalue weighted by molar-refractivity contribution is 6.21. The lowest BCUT2D eigenvalue weighted by atomic mass is 10.0. The Morgan fingerprint density at radius 1 is 0.684 bits per heavy atom. The van der Waals surface area contributed by atoms with Crippen LogP contribution in [0.3, 0.4) is 0 Å². The first-order valence-electron chi connectivity index (χ1n) is 12.3. The first kappa shape index (κ1) is 23.3. The molecule has 4 aromatic carbocycles. The number of aromatic nitrogens is 1. The van der Waals surface area contributed by atoms with E-state index >= 15 is 0 Å². The van der Waals surface area contributed by atoms with E-state index in [1.54, 1.807) is 30.3 Å². The maximum Gasteiger partial charge on any atom is 0.338 e. The van der Waals surface area contributed by atoms with Gasteiger partial charge in [0.1, 0.15) is 6.61 Å². The van der Waals surface area contributed by atoms with Gasteiger partial charge in [0.25, 0.3) is 11.8 Å². The fourth-order valence-electron chi connectivity index (χ4n) is 4.71. The average molecular weight is 499 g/mol. The molecule has 6 heteroatoms. The molecular formula is C32H22N2O4. The van der Waals surface area contributed by atoms with E-state index in [2.05, 4.69) is 12.1 Å². The Kier molecular flexibility index (Phi) is 5.98. The van der Waals surface area contributed by atoms with E-state index in [1.165, 1.54) is 0 Å². The molecule has 0 saturated heterocycles. The number of nitrogens with zero attached hydrogens (tertiary/aromatic N) is 2. The van der Waals surface area contributed by atoms with Crippen LogP contribution in [0.4, 0.5) is 0 Å². The van der Waals surface area contributed by atoms with Crippen molar-refractivity contribution in [1.29, 1.82) is 0 Å². The van der Waals surface area contributed by atoms with Crippen LogP contribution in [0.2, 0.25) is 0 Å². The third-order valence-electron chi connectivity index (χ3n) is 6.65. The number of hydrogen-bond acceptors (Lipinski definition) is 5. The highest BCUT2D eigenvalue weighted by atomic mass is 16.5. The molecule has 2 amide bonds. The van der Waals surface area contributed by atoms with E-state index in [1.807, 2.05) is 66.7 Å². The van der Waals surface area contributed by atoms with Crippen LogP contribution in [-0.4, -0.2) is 40.8 Å². The third-order valence-corrected chi connectivity index (χ3v) is 6.65. The second kappa shape index (κ2) is 9.75. The van der Waals surface area contributed by atoms with Crippen molar-refractivity contribution in [3.63, 3.8) is 0 Å². The lowest BCUT2D eigenvalue weighted by molar-refractivity contribution is 0.0422. The number of hydrogen-bond donors (Lipinski definition) is 0. The van der Waals surface area contributed by atoms with Gasteiger partial charge in [-0.15, -0.1) is 0 Å². The number of pyridine rings is 1. The second-order valence-electron chi connectivity index (χ2n) is 8.96. The Hall–Kier alpha value is -5.10. The molecule has 0 atom stereocenters. The molecule has 38 heavy (non-hydrogen) atoms. The van der Waals surface area contributed by atoms with Gasteiger partial charge in [-0.2, -0.15) is 0 Å². The minimum absolute atomic E-state index is 0.0189. The van der Waals surface area contributed by atoms with Crippen molar-refractivity contribution in [2.24, 2.45) is 0 Å². The van der Waals surface area contributed by atoms with Crippen LogP contribution < -0.4 is 0 Å². The maximum absolute atomic E-state index is 13.2. The summed E-state index contributed by atoms with van der Waals surface area (Å²) in [7, 11) is 0. The van der Waals surface area contributed by atoms with Gasteiger partial charge in [0.15, 0.2) is 0 Å². The van der Waals surface area contributed by atoms with Gasteiger partial charge < -0.3 is 4.74 Å². The minimum atomic E-state index is -0.539. The summed E-state index contributed by atoms with van der Waals surface area (Å²) >= 11 is 0. The van der Waals surface area contributed by atoms with E-state index in [9.17, 15) is 14.4 Å². The quantitative estimate of drug-likeness (QED) is 0.211. The van der Waals surface area contributed by atoms with Gasteiger partial charge in [-0.1, -0.05) is 84.9 Å². The summed E-state index contributed by atoms with van der Waals surface area (Å²) in [5.74, 6) is -1.29. The molecule has 0 N–H and O–H groups in total. The summed E-state index contributed by atoms with van der Waals surface area (Å²) in [4.78, 5) is 44.3. The molecule has 1 aromatic heterocycles. The smallest absolute Gasteiger partial charge is 0.338 e. The van der Waals surface area contributed by atoms with Crippen LogP contribution >= 0.6 is 0 Å². The number of esters is 1. The van der Waals surface area contributed by atoms with Gasteiger partial charge in [0, 0.05) is 10.9 Å². The number of amides is 2. The predicted octanol–water partition coefficient (Wildman–Crippen LogP) is 6.02. The Bertz CT molecular complexity index is 1660. The SMILES string of the molecule is O=C(OCCN1C(=O)c2ccccc2C1=O)c1cc(-c2ccc(-c3ccccc3)cc2)nc2ccccc12. The summed E-state index contributed by atoms with van der Waals surface area (Å²) in [6.07, 6.45) is 0. The molecule has 1 aliphatic rings. The van der Waals surface area contributed by atoms with Gasteiger partial charge in [0.2, 0.25) is 0 Å². The van der Waals surface area contributed by atoms with Crippen LogP contribution in [0.15, 0.2) is 109 Å². The van der Waals surface area contributed by atoms with E-state index in [0.29, 0.717) is 33.3 Å². The van der Waals surface area contributed by atoms with Crippen molar-refractivity contribution in [3.05, 3.63) is 126 Å². The van der Waals surface area contributed by atoms with Gasteiger partial charge in [0.05, 0.1) is 34.4 Å². The summed E-state index contributed by atoms with van der Waals surface area (Å²) in [5.41, 5.74) is 5.50. The van der Waals surface area contributed by atoms with Gasteiger partial charge in [-0.3, -0.25) is 14.5 Å². The molecule has 0 bridgehead atoms. The van der Waals surface area contributed by atoms with Crippen LogP contribution in [0, 0.1) is 0 Å². The third kappa shape index (κ3) is 4.22. The van der Waals surface area contributed by atoms with E-state index in [4.69, 9.17) is 9.72 Å². The van der Waals surface area contributed by atoms with Gasteiger partial charge in [-0.25, -0.2) is 9.78 Å². The summed E-state index contributed by atoms with van der Waals surface area (Å²) in [6.45, 7) is -0.128. The van der Waals surface area contributed by atoms with Gasteiger partial charge >= 0.3 is 5.97 Å². The van der Waals surface area contributed by atoms with E-state index in [-0.39, 0.29) is 25.0 Å². The number of benzene rings is 4. The van der Waals surface area contributed by atoms with E-state index < -0.39 is 5.97 Å². The Morgan fingerprint density at radius 2 is 1.26 bits per heavy atom. The molecule has 6 rings (SSSR count). The Balaban J connectivity index is 1.23. The molecule has 2 heterocycles. The Labute approximate surface area is 219 Å². The van der Waals surface area contributed by atoms with Crippen LogP contribution in [0.1, 0.15) is 31.1 Å². The van der Waals surface area contributed by atoms with E-state index in [0.717, 1.165) is 21.6 Å². The molecular weight excluding hydrogens is 476 g/mol. The second-order valence-corrected chi connectivity index (χ2v) is 8.96. The minimum Gasteiger partial charge on any atom is -0.460 e. The van der Waals surface area contributed by atoms with Crippen molar-refractivity contribution < 1.29 is 19.1 Å². The first-order valence-corrected chi connectivity index (χ1v) is 12.3. The maximum atomic E-state index is 13.2. The summed E-state index contributed by atoms with van der Waals surface area (Å²) in [6, 6.07) is 33.9. The molecule has 0 fully saturated rings. The number of rotatable bonds is 6. The lowest BCUT2D eigenvalue weighted by Crippen LogP contribution is -2.33. The van der Waals surface area contributed by atoms with Crippen molar-refractivity contribution in [1.82, 2.24) is 9.88 Å². The van der Waals surface area contributed by atoms with Crippen LogP contribution in [0.5, 0.6) is 0 Å². The van der Waals surface area contributed by atoms with Crippen LogP contribution in [-0.2, 0) is 4.74 Å². The molecule has 0 spiro atoms. The molecule has 6 nitrogen and oxygen atoms in total. The number of ether oxygens (including phenoxy) is 1. The van der Waals surface area contributed by atoms with Crippen molar-refractivity contribution >= 4 is 28.7 Å². The van der Waals surface area contributed by atoms with Gasteiger partial charge in [-0.05, 0) is 35.4 Å². The first-order chi connectivity index (χ1) is 18.6. The zero-order valence-corrected chi connectivity index (χ0v) is 20.3. The standard InChI is InChI=1S/C32H22N2O4/c35-30-25-11-4-5-12-26(25)31(36)34(30)18-19-38-32(37)27-20-29(33-28-13-7-6-10-24(27)28)23-16-14-22(15-17-23)21-8-2-1-3-9-21/h1-17,20H,18-19H2. The highest BCUT2D eigenvalue weighted by Gasteiger charge is 2.34. The van der Waals surface area contributed by atoms with Crippen molar-refractivity contribution in [2.75, 3.05) is 13.2 Å². The fourth-order valence-corrected chi connectivity index (χ4v) is 4.71. The molecule has 5 aromatic rings. The summed E-state index contributed by atoms with van der Waals surface area (Å²) in [5, 5.41) is 0.669. The number of carbonyl (C=O) groups is 3. The summed E-state index contributed by atoms with van der Waals surface area (Å²) < 4.78 is 5.55. The average Bonchev–Trinajstić information content (AvgIpc) is 3.22. The molecule has 1 aliphatic heterocycles. The lowest BCUT2D eigenvalue weighted by Gasteiger charge is -2.14. The molecule has 0 radical (unpaired) electrons. The molecule has 184 valence electrons.